The Hall–Kier alpha value is -1.26. The van der Waals surface area contributed by atoms with Gasteiger partial charge in [0, 0.05) is 10.2 Å². The van der Waals surface area contributed by atoms with Crippen molar-refractivity contribution < 1.29 is 4.79 Å². The van der Waals surface area contributed by atoms with Gasteiger partial charge in [0.1, 0.15) is 0 Å². The molecule has 2 aromatic rings. The second kappa shape index (κ2) is 7.66. The van der Waals surface area contributed by atoms with Crippen LogP contribution in [0.5, 0.6) is 0 Å². The van der Waals surface area contributed by atoms with E-state index in [9.17, 15) is 4.79 Å². The van der Waals surface area contributed by atoms with E-state index in [0.29, 0.717) is 6.42 Å². The summed E-state index contributed by atoms with van der Waals surface area (Å²) in [6.07, 6.45) is 1.48. The Labute approximate surface area is 139 Å². The van der Waals surface area contributed by atoms with E-state index in [1.165, 1.54) is 0 Å². The Kier molecular flexibility index (Phi) is 5.88. The third kappa shape index (κ3) is 4.61. The molecule has 110 valence electrons. The predicted molar refractivity (Wildman–Crippen MR) is 95.1 cm³/mol. The molecule has 1 amide bonds. The van der Waals surface area contributed by atoms with Crippen LogP contribution in [-0.4, -0.2) is 11.2 Å². The summed E-state index contributed by atoms with van der Waals surface area (Å²) >= 11 is 7.88. The SMILES string of the molecule is CCc1cc(Br)ccc1NC(=O)C(S)Cc1ccccc1. The predicted octanol–water partition coefficient (Wildman–Crippen LogP) is 4.49. The van der Waals surface area contributed by atoms with Crippen LogP contribution in [-0.2, 0) is 17.6 Å². The van der Waals surface area contributed by atoms with Gasteiger partial charge in [-0.3, -0.25) is 4.79 Å². The van der Waals surface area contributed by atoms with Crippen molar-refractivity contribution in [1.29, 1.82) is 0 Å². The van der Waals surface area contributed by atoms with Crippen molar-refractivity contribution in [3.05, 3.63) is 64.1 Å². The minimum absolute atomic E-state index is 0.0702. The summed E-state index contributed by atoms with van der Waals surface area (Å²) in [5, 5.41) is 2.61. The van der Waals surface area contributed by atoms with Gasteiger partial charge in [-0.05, 0) is 42.2 Å². The summed E-state index contributed by atoms with van der Waals surface area (Å²) in [7, 11) is 0. The zero-order valence-electron chi connectivity index (χ0n) is 11.8. The number of carbonyl (C=O) groups excluding carboxylic acids is 1. The monoisotopic (exact) mass is 363 g/mol. The quantitative estimate of drug-likeness (QED) is 0.752. The highest BCUT2D eigenvalue weighted by atomic mass is 79.9. The number of anilines is 1. The minimum atomic E-state index is -0.360. The van der Waals surface area contributed by atoms with E-state index in [0.717, 1.165) is 27.7 Å². The van der Waals surface area contributed by atoms with Crippen LogP contribution in [0.15, 0.2) is 53.0 Å². The van der Waals surface area contributed by atoms with Crippen LogP contribution in [0.3, 0.4) is 0 Å². The number of benzene rings is 2. The van der Waals surface area contributed by atoms with Crippen LogP contribution in [0.25, 0.3) is 0 Å². The Morgan fingerprint density at radius 3 is 2.62 bits per heavy atom. The first kappa shape index (κ1) is 16.1. The van der Waals surface area contributed by atoms with Crippen molar-refractivity contribution in [2.75, 3.05) is 5.32 Å². The lowest BCUT2D eigenvalue weighted by atomic mass is 10.1. The summed E-state index contributed by atoms with van der Waals surface area (Å²) in [4.78, 5) is 12.3. The van der Waals surface area contributed by atoms with Gasteiger partial charge in [0.05, 0.1) is 5.25 Å². The summed E-state index contributed by atoms with van der Waals surface area (Å²) < 4.78 is 1.02. The first-order valence-corrected chi connectivity index (χ1v) is 8.22. The van der Waals surface area contributed by atoms with Gasteiger partial charge in [-0.1, -0.05) is 53.2 Å². The Bertz CT molecular complexity index is 615. The number of carbonyl (C=O) groups is 1. The molecule has 0 aromatic heterocycles. The maximum absolute atomic E-state index is 12.3. The van der Waals surface area contributed by atoms with E-state index in [4.69, 9.17) is 0 Å². The molecular weight excluding hydrogens is 346 g/mol. The molecule has 0 aliphatic heterocycles. The molecule has 0 spiro atoms. The summed E-state index contributed by atoms with van der Waals surface area (Å²) in [6.45, 7) is 2.07. The summed E-state index contributed by atoms with van der Waals surface area (Å²) in [5.74, 6) is -0.0702. The summed E-state index contributed by atoms with van der Waals surface area (Å²) in [5.41, 5.74) is 3.08. The number of amides is 1. The third-order valence-corrected chi connectivity index (χ3v) is 4.19. The number of rotatable bonds is 5. The molecule has 1 N–H and O–H groups in total. The van der Waals surface area contributed by atoms with Gasteiger partial charge < -0.3 is 5.32 Å². The van der Waals surface area contributed by atoms with Gasteiger partial charge >= 0.3 is 0 Å². The average Bonchev–Trinajstić information content (AvgIpc) is 2.49. The smallest absolute Gasteiger partial charge is 0.237 e. The van der Waals surface area contributed by atoms with Crippen LogP contribution >= 0.6 is 28.6 Å². The standard InChI is InChI=1S/C17H18BrNOS/c1-2-13-11-14(18)8-9-15(13)19-17(20)16(21)10-12-6-4-3-5-7-12/h3-9,11,16,21H,2,10H2,1H3,(H,19,20). The molecule has 0 heterocycles. The lowest BCUT2D eigenvalue weighted by molar-refractivity contribution is -0.115. The molecule has 0 aliphatic carbocycles. The number of halogens is 1. The lowest BCUT2D eigenvalue weighted by Crippen LogP contribution is -2.25. The largest absolute Gasteiger partial charge is 0.325 e. The van der Waals surface area contributed by atoms with Crippen LogP contribution in [0, 0.1) is 0 Å². The molecule has 2 rings (SSSR count). The van der Waals surface area contributed by atoms with E-state index in [1.54, 1.807) is 0 Å². The lowest BCUT2D eigenvalue weighted by Gasteiger charge is -2.14. The fraction of sp³-hybridized carbons (Fsp3) is 0.235. The molecule has 1 atom stereocenters. The van der Waals surface area contributed by atoms with Crippen molar-refractivity contribution in [3.63, 3.8) is 0 Å². The van der Waals surface area contributed by atoms with Crippen molar-refractivity contribution in [3.8, 4) is 0 Å². The molecule has 0 fully saturated rings. The van der Waals surface area contributed by atoms with Crippen LogP contribution in [0.4, 0.5) is 5.69 Å². The van der Waals surface area contributed by atoms with Crippen LogP contribution in [0.2, 0.25) is 0 Å². The zero-order chi connectivity index (χ0) is 15.2. The van der Waals surface area contributed by atoms with Gasteiger partial charge in [0.25, 0.3) is 0 Å². The number of hydrogen-bond donors (Lipinski definition) is 2. The van der Waals surface area contributed by atoms with E-state index < -0.39 is 0 Å². The Morgan fingerprint density at radius 2 is 1.95 bits per heavy atom. The van der Waals surface area contributed by atoms with Crippen molar-refractivity contribution >= 4 is 40.2 Å². The molecule has 21 heavy (non-hydrogen) atoms. The average molecular weight is 364 g/mol. The fourth-order valence-electron chi connectivity index (χ4n) is 2.12. The second-order valence-electron chi connectivity index (χ2n) is 4.85. The second-order valence-corrected chi connectivity index (χ2v) is 6.39. The zero-order valence-corrected chi connectivity index (χ0v) is 14.3. The molecule has 1 unspecified atom stereocenters. The first-order valence-electron chi connectivity index (χ1n) is 6.91. The molecule has 0 aliphatic rings. The molecule has 4 heteroatoms. The maximum Gasteiger partial charge on any atom is 0.237 e. The highest BCUT2D eigenvalue weighted by molar-refractivity contribution is 9.10. The van der Waals surface area contributed by atoms with Gasteiger partial charge in [0.2, 0.25) is 5.91 Å². The molecule has 0 radical (unpaired) electrons. The molecule has 2 aromatic carbocycles. The van der Waals surface area contributed by atoms with Crippen LogP contribution < -0.4 is 5.32 Å². The van der Waals surface area contributed by atoms with E-state index in [-0.39, 0.29) is 11.2 Å². The van der Waals surface area contributed by atoms with Gasteiger partial charge in [-0.2, -0.15) is 12.6 Å². The number of hydrogen-bond acceptors (Lipinski definition) is 2. The Balaban J connectivity index is 2.04. The molecular formula is C17H18BrNOS. The molecule has 0 saturated carbocycles. The van der Waals surface area contributed by atoms with Gasteiger partial charge in [0.15, 0.2) is 0 Å². The van der Waals surface area contributed by atoms with Crippen molar-refractivity contribution in [2.45, 2.75) is 25.0 Å². The minimum Gasteiger partial charge on any atom is -0.325 e. The highest BCUT2D eigenvalue weighted by Crippen LogP contribution is 2.22. The molecule has 0 saturated heterocycles. The van der Waals surface area contributed by atoms with Crippen molar-refractivity contribution in [1.82, 2.24) is 0 Å². The normalized spacial score (nSPS) is 12.0. The highest BCUT2D eigenvalue weighted by Gasteiger charge is 2.15. The van der Waals surface area contributed by atoms with Gasteiger partial charge in [-0.25, -0.2) is 0 Å². The van der Waals surface area contributed by atoms with Crippen molar-refractivity contribution in [2.24, 2.45) is 0 Å². The third-order valence-electron chi connectivity index (χ3n) is 3.28. The fourth-order valence-corrected chi connectivity index (χ4v) is 2.81. The molecule has 2 nitrogen and oxygen atoms in total. The maximum atomic E-state index is 12.3. The van der Waals surface area contributed by atoms with E-state index >= 15 is 0 Å². The van der Waals surface area contributed by atoms with Crippen LogP contribution in [0.1, 0.15) is 18.1 Å². The first-order chi connectivity index (χ1) is 10.1. The van der Waals surface area contributed by atoms with E-state index in [1.807, 2.05) is 48.5 Å². The topological polar surface area (TPSA) is 29.1 Å². The molecule has 0 bridgehead atoms. The number of aryl methyl sites for hydroxylation is 1. The van der Waals surface area contributed by atoms with E-state index in [2.05, 4.69) is 40.8 Å². The summed E-state index contributed by atoms with van der Waals surface area (Å²) in [6, 6.07) is 15.8. The number of thiol groups is 1. The number of nitrogens with one attached hydrogen (secondary N) is 1. The van der Waals surface area contributed by atoms with Gasteiger partial charge in [-0.15, -0.1) is 0 Å². The Morgan fingerprint density at radius 1 is 1.24 bits per heavy atom.